The van der Waals surface area contributed by atoms with Crippen LogP contribution in [0, 0.1) is 0 Å². The number of rotatable bonds is 0. The number of halogens is 2. The summed E-state index contributed by atoms with van der Waals surface area (Å²) in [6.07, 6.45) is 0. The van der Waals surface area contributed by atoms with Gasteiger partial charge in [-0.25, -0.2) is 0 Å². The van der Waals surface area contributed by atoms with Crippen LogP contribution in [0.2, 0.25) is 5.22 Å². The minimum atomic E-state index is 0. The van der Waals surface area contributed by atoms with Crippen LogP contribution in [0.5, 0.6) is 0 Å². The minimum absolute atomic E-state index is 0. The van der Waals surface area contributed by atoms with Gasteiger partial charge in [0.2, 0.25) is 0 Å². The summed E-state index contributed by atoms with van der Waals surface area (Å²) in [6.45, 7) is 0. The van der Waals surface area contributed by atoms with E-state index >= 15 is 0 Å². The minimum Gasteiger partial charge on any atom is -0.445 e. The first-order valence-electron chi connectivity index (χ1n) is 3.20. The Kier molecular flexibility index (Phi) is 2.50. The quantitative estimate of drug-likeness (QED) is 0.669. The van der Waals surface area contributed by atoms with Crippen LogP contribution in [0.1, 0.15) is 0 Å². The zero-order chi connectivity index (χ0) is 7.84. The number of fused-ring (bicyclic) bond motifs is 1. The van der Waals surface area contributed by atoms with Crippen LogP contribution in [0.4, 0.5) is 5.69 Å². The second kappa shape index (κ2) is 3.25. The fourth-order valence-corrected chi connectivity index (χ4v) is 1.23. The molecule has 0 aliphatic heterocycles. The molecule has 0 aliphatic rings. The fraction of sp³-hybridized carbons (Fsp3) is 0. The van der Waals surface area contributed by atoms with E-state index in [1.807, 2.05) is 6.07 Å². The standard InChI is InChI=1S/C8H6ClNO.ClH/c9-8-4-5-3-6(10)1-2-7(5)11-8;/h1-4H,10H2;1H. The molecule has 12 heavy (non-hydrogen) atoms. The summed E-state index contributed by atoms with van der Waals surface area (Å²) in [6, 6.07) is 7.15. The third kappa shape index (κ3) is 1.49. The van der Waals surface area contributed by atoms with Crippen molar-refractivity contribution < 1.29 is 4.42 Å². The van der Waals surface area contributed by atoms with Gasteiger partial charge in [0, 0.05) is 17.1 Å². The van der Waals surface area contributed by atoms with E-state index < -0.39 is 0 Å². The summed E-state index contributed by atoms with van der Waals surface area (Å²) in [5, 5.41) is 1.33. The predicted octanol–water partition coefficient (Wildman–Crippen LogP) is 3.09. The van der Waals surface area contributed by atoms with Crippen molar-refractivity contribution in [3.05, 3.63) is 29.5 Å². The van der Waals surface area contributed by atoms with Crippen molar-refractivity contribution in [3.8, 4) is 0 Å². The van der Waals surface area contributed by atoms with Gasteiger partial charge in [-0.15, -0.1) is 12.4 Å². The molecule has 0 radical (unpaired) electrons. The van der Waals surface area contributed by atoms with Crippen molar-refractivity contribution in [2.45, 2.75) is 0 Å². The average molecular weight is 204 g/mol. The van der Waals surface area contributed by atoms with Gasteiger partial charge < -0.3 is 10.2 Å². The van der Waals surface area contributed by atoms with E-state index in [-0.39, 0.29) is 12.4 Å². The first kappa shape index (κ1) is 9.23. The van der Waals surface area contributed by atoms with E-state index in [1.54, 1.807) is 18.2 Å². The van der Waals surface area contributed by atoms with E-state index in [4.69, 9.17) is 21.8 Å². The van der Waals surface area contributed by atoms with E-state index in [0.717, 1.165) is 16.7 Å². The largest absolute Gasteiger partial charge is 0.445 e. The molecule has 0 spiro atoms. The zero-order valence-corrected chi connectivity index (χ0v) is 7.65. The van der Waals surface area contributed by atoms with Gasteiger partial charge in [0.1, 0.15) is 5.58 Å². The molecule has 2 nitrogen and oxygen atoms in total. The maximum atomic E-state index is 5.63. The maximum Gasteiger partial charge on any atom is 0.194 e. The molecule has 0 unspecified atom stereocenters. The topological polar surface area (TPSA) is 39.2 Å². The lowest BCUT2D eigenvalue weighted by Crippen LogP contribution is -1.80. The van der Waals surface area contributed by atoms with Crippen LogP contribution >= 0.6 is 24.0 Å². The van der Waals surface area contributed by atoms with Crippen molar-refractivity contribution in [1.82, 2.24) is 0 Å². The molecule has 4 heteroatoms. The van der Waals surface area contributed by atoms with Crippen LogP contribution in [0.15, 0.2) is 28.7 Å². The fourth-order valence-electron chi connectivity index (χ4n) is 1.03. The molecule has 2 rings (SSSR count). The van der Waals surface area contributed by atoms with Gasteiger partial charge >= 0.3 is 0 Å². The Bertz CT molecular complexity index is 397. The van der Waals surface area contributed by atoms with Gasteiger partial charge in [0.05, 0.1) is 0 Å². The summed E-state index contributed by atoms with van der Waals surface area (Å²) >= 11 is 5.63. The Morgan fingerprint density at radius 1 is 1.25 bits per heavy atom. The molecule has 0 aliphatic carbocycles. The molecule has 1 heterocycles. The molecule has 1 aromatic carbocycles. The molecule has 1 aromatic heterocycles. The van der Waals surface area contributed by atoms with Gasteiger partial charge in [-0.3, -0.25) is 0 Å². The second-order valence-corrected chi connectivity index (χ2v) is 2.72. The molecule has 0 bridgehead atoms. The van der Waals surface area contributed by atoms with Crippen molar-refractivity contribution in [2.75, 3.05) is 5.73 Å². The molecular formula is C8H7Cl2NO. The Labute approximate surface area is 80.7 Å². The molecule has 0 atom stereocenters. The van der Waals surface area contributed by atoms with Crippen LogP contribution in [0.25, 0.3) is 11.0 Å². The first-order chi connectivity index (χ1) is 5.25. The summed E-state index contributed by atoms with van der Waals surface area (Å²) in [7, 11) is 0. The number of nitrogen functional groups attached to an aromatic ring is 1. The highest BCUT2D eigenvalue weighted by atomic mass is 35.5. The molecular weight excluding hydrogens is 197 g/mol. The number of hydrogen-bond acceptors (Lipinski definition) is 2. The summed E-state index contributed by atoms with van der Waals surface area (Å²) in [5.41, 5.74) is 7.03. The Balaban J connectivity index is 0.000000720. The Morgan fingerprint density at radius 2 is 2.00 bits per heavy atom. The van der Waals surface area contributed by atoms with Crippen molar-refractivity contribution >= 4 is 40.7 Å². The maximum absolute atomic E-state index is 5.63. The lowest BCUT2D eigenvalue weighted by molar-refractivity contribution is 0.618. The smallest absolute Gasteiger partial charge is 0.194 e. The van der Waals surface area contributed by atoms with E-state index in [1.165, 1.54) is 0 Å². The number of furan rings is 1. The third-order valence-electron chi connectivity index (χ3n) is 1.51. The predicted molar refractivity (Wildman–Crippen MR) is 52.9 cm³/mol. The third-order valence-corrected chi connectivity index (χ3v) is 1.70. The highest BCUT2D eigenvalue weighted by molar-refractivity contribution is 6.29. The second-order valence-electron chi connectivity index (χ2n) is 2.35. The van der Waals surface area contributed by atoms with Crippen molar-refractivity contribution in [2.24, 2.45) is 0 Å². The molecule has 2 N–H and O–H groups in total. The van der Waals surface area contributed by atoms with Gasteiger partial charge in [-0.05, 0) is 29.8 Å². The summed E-state index contributed by atoms with van der Waals surface area (Å²) < 4.78 is 5.13. The first-order valence-corrected chi connectivity index (χ1v) is 3.58. The highest BCUT2D eigenvalue weighted by Gasteiger charge is 1.99. The van der Waals surface area contributed by atoms with Gasteiger partial charge in [-0.2, -0.15) is 0 Å². The van der Waals surface area contributed by atoms with Gasteiger partial charge in [-0.1, -0.05) is 0 Å². The molecule has 0 saturated heterocycles. The van der Waals surface area contributed by atoms with Crippen LogP contribution in [-0.4, -0.2) is 0 Å². The number of nitrogens with two attached hydrogens (primary N) is 1. The lowest BCUT2D eigenvalue weighted by Gasteiger charge is -1.89. The van der Waals surface area contributed by atoms with Crippen LogP contribution in [0.3, 0.4) is 0 Å². The number of benzene rings is 1. The van der Waals surface area contributed by atoms with Gasteiger partial charge in [0.25, 0.3) is 0 Å². The zero-order valence-electron chi connectivity index (χ0n) is 6.08. The highest BCUT2D eigenvalue weighted by Crippen LogP contribution is 2.24. The molecule has 64 valence electrons. The van der Waals surface area contributed by atoms with E-state index in [9.17, 15) is 0 Å². The van der Waals surface area contributed by atoms with Gasteiger partial charge in [0.15, 0.2) is 5.22 Å². The van der Waals surface area contributed by atoms with Crippen LogP contribution in [-0.2, 0) is 0 Å². The number of hydrogen-bond donors (Lipinski definition) is 1. The van der Waals surface area contributed by atoms with Crippen LogP contribution < -0.4 is 5.73 Å². The molecule has 0 amide bonds. The summed E-state index contributed by atoms with van der Waals surface area (Å²) in [5.74, 6) is 0. The molecule has 0 saturated carbocycles. The van der Waals surface area contributed by atoms with E-state index in [0.29, 0.717) is 5.22 Å². The Hall–Kier alpha value is -0.860. The SMILES string of the molecule is Cl.Nc1ccc2oc(Cl)cc2c1. The van der Waals surface area contributed by atoms with Crippen molar-refractivity contribution in [3.63, 3.8) is 0 Å². The Morgan fingerprint density at radius 3 is 2.75 bits per heavy atom. The van der Waals surface area contributed by atoms with E-state index in [2.05, 4.69) is 0 Å². The monoisotopic (exact) mass is 203 g/mol. The lowest BCUT2D eigenvalue weighted by atomic mass is 10.2. The van der Waals surface area contributed by atoms with Crippen molar-refractivity contribution in [1.29, 1.82) is 0 Å². The average Bonchev–Trinajstić information content (AvgIpc) is 2.27. The summed E-state index contributed by atoms with van der Waals surface area (Å²) in [4.78, 5) is 0. The molecule has 0 fully saturated rings. The molecule has 2 aromatic rings. The number of anilines is 1. The normalized spacial score (nSPS) is 9.75.